The van der Waals surface area contributed by atoms with Gasteiger partial charge in [0.25, 0.3) is 0 Å². The molecule has 0 aromatic carbocycles. The number of anilines is 1. The Bertz CT molecular complexity index is 425. The first-order valence-corrected chi connectivity index (χ1v) is 5.25. The van der Waals surface area contributed by atoms with Gasteiger partial charge in [-0.15, -0.1) is 0 Å². The lowest BCUT2D eigenvalue weighted by Gasteiger charge is -2.07. The van der Waals surface area contributed by atoms with Crippen molar-refractivity contribution in [2.45, 2.75) is 32.9 Å². The summed E-state index contributed by atoms with van der Waals surface area (Å²) >= 11 is 0. The Balaban J connectivity index is 2.55. The number of nitrogen functional groups attached to an aromatic ring is 1. The van der Waals surface area contributed by atoms with E-state index in [1.807, 2.05) is 13.8 Å². The molecule has 1 aromatic rings. The molecule has 0 saturated heterocycles. The van der Waals surface area contributed by atoms with E-state index in [2.05, 4.69) is 10.4 Å². The molecule has 0 fully saturated rings. The predicted molar refractivity (Wildman–Crippen MR) is 61.5 cm³/mol. The van der Waals surface area contributed by atoms with Crippen LogP contribution in [0.2, 0.25) is 0 Å². The number of nitrogens with two attached hydrogens (primary N) is 1. The molecule has 0 aliphatic carbocycles. The van der Waals surface area contributed by atoms with Crippen LogP contribution in [0.25, 0.3) is 0 Å². The van der Waals surface area contributed by atoms with Crippen LogP contribution >= 0.6 is 0 Å². The molecule has 0 aliphatic rings. The topological polar surface area (TPSA) is 110 Å². The van der Waals surface area contributed by atoms with Gasteiger partial charge in [-0.25, -0.2) is 4.79 Å². The first kappa shape index (κ1) is 13.0. The third-order valence-corrected chi connectivity index (χ3v) is 2.01. The van der Waals surface area contributed by atoms with Crippen molar-refractivity contribution in [2.24, 2.45) is 0 Å². The highest BCUT2D eigenvalue weighted by Crippen LogP contribution is 2.08. The Labute approximate surface area is 98.6 Å². The van der Waals surface area contributed by atoms with Crippen LogP contribution in [0.5, 0.6) is 0 Å². The fourth-order valence-corrected chi connectivity index (χ4v) is 1.33. The lowest BCUT2D eigenvalue weighted by molar-refractivity contribution is -0.121. The lowest BCUT2D eigenvalue weighted by atomic mass is 10.3. The van der Waals surface area contributed by atoms with Crippen molar-refractivity contribution in [2.75, 3.05) is 5.73 Å². The van der Waals surface area contributed by atoms with Crippen molar-refractivity contribution in [1.29, 1.82) is 0 Å². The van der Waals surface area contributed by atoms with E-state index in [9.17, 15) is 9.59 Å². The van der Waals surface area contributed by atoms with Gasteiger partial charge in [0.1, 0.15) is 0 Å². The Morgan fingerprint density at radius 2 is 2.24 bits per heavy atom. The van der Waals surface area contributed by atoms with E-state index in [1.54, 1.807) is 0 Å². The zero-order valence-corrected chi connectivity index (χ0v) is 9.80. The average molecular weight is 240 g/mol. The standard InChI is InChI=1S/C10H16N4O3/c1-6(2)12-8(15)3-4-14-5-7(11)9(13-14)10(16)17/h5-6H,3-4,11H2,1-2H3,(H,12,15)(H,16,17). The van der Waals surface area contributed by atoms with Crippen LogP contribution in [-0.2, 0) is 11.3 Å². The fourth-order valence-electron chi connectivity index (χ4n) is 1.33. The summed E-state index contributed by atoms with van der Waals surface area (Å²) in [5.41, 5.74) is 5.38. The van der Waals surface area contributed by atoms with Crippen LogP contribution in [0.1, 0.15) is 30.8 Å². The number of carbonyl (C=O) groups is 2. The molecule has 7 nitrogen and oxygen atoms in total. The number of nitrogens with zero attached hydrogens (tertiary/aromatic N) is 2. The Morgan fingerprint density at radius 3 is 2.71 bits per heavy atom. The van der Waals surface area contributed by atoms with Gasteiger partial charge in [-0.05, 0) is 13.8 Å². The normalized spacial score (nSPS) is 10.5. The van der Waals surface area contributed by atoms with E-state index in [0.29, 0.717) is 6.54 Å². The molecule has 0 bridgehead atoms. The molecule has 4 N–H and O–H groups in total. The van der Waals surface area contributed by atoms with E-state index >= 15 is 0 Å². The zero-order valence-electron chi connectivity index (χ0n) is 9.80. The van der Waals surface area contributed by atoms with E-state index in [4.69, 9.17) is 10.8 Å². The predicted octanol–water partition coefficient (Wildman–Crippen LogP) is 0.0782. The first-order chi connectivity index (χ1) is 7.90. The van der Waals surface area contributed by atoms with Crippen molar-refractivity contribution in [3.63, 3.8) is 0 Å². The van der Waals surface area contributed by atoms with Gasteiger partial charge >= 0.3 is 5.97 Å². The van der Waals surface area contributed by atoms with Crippen molar-refractivity contribution in [1.82, 2.24) is 15.1 Å². The number of carbonyl (C=O) groups excluding carboxylic acids is 1. The van der Waals surface area contributed by atoms with Gasteiger partial charge in [0.15, 0.2) is 5.69 Å². The smallest absolute Gasteiger partial charge is 0.358 e. The average Bonchev–Trinajstić information content (AvgIpc) is 2.56. The molecule has 1 aromatic heterocycles. The molecule has 0 unspecified atom stereocenters. The SMILES string of the molecule is CC(C)NC(=O)CCn1cc(N)c(C(=O)O)n1. The van der Waals surface area contributed by atoms with Gasteiger partial charge < -0.3 is 16.2 Å². The van der Waals surface area contributed by atoms with Crippen LogP contribution in [0.15, 0.2) is 6.20 Å². The quantitative estimate of drug-likeness (QED) is 0.675. The number of aromatic nitrogens is 2. The van der Waals surface area contributed by atoms with E-state index in [1.165, 1.54) is 10.9 Å². The van der Waals surface area contributed by atoms with Gasteiger partial charge in [0.2, 0.25) is 5.91 Å². The minimum Gasteiger partial charge on any atom is -0.476 e. The number of aryl methyl sites for hydroxylation is 1. The first-order valence-electron chi connectivity index (χ1n) is 5.25. The summed E-state index contributed by atoms with van der Waals surface area (Å²) in [6, 6.07) is 0.0831. The van der Waals surface area contributed by atoms with Crippen LogP contribution in [0, 0.1) is 0 Å². The minimum absolute atomic E-state index is 0.0831. The second-order valence-electron chi connectivity index (χ2n) is 3.97. The number of hydrogen-bond acceptors (Lipinski definition) is 4. The maximum absolute atomic E-state index is 11.4. The minimum atomic E-state index is -1.17. The van der Waals surface area contributed by atoms with Crippen LogP contribution in [0.3, 0.4) is 0 Å². The molecule has 0 aliphatic heterocycles. The summed E-state index contributed by atoms with van der Waals surface area (Å²) in [4.78, 5) is 22.0. The molecule has 0 atom stereocenters. The van der Waals surface area contributed by atoms with Crippen LogP contribution < -0.4 is 11.1 Å². The second-order valence-corrected chi connectivity index (χ2v) is 3.97. The van der Waals surface area contributed by atoms with Gasteiger partial charge in [-0.3, -0.25) is 9.48 Å². The highest BCUT2D eigenvalue weighted by atomic mass is 16.4. The molecule has 94 valence electrons. The highest BCUT2D eigenvalue weighted by molar-refractivity contribution is 5.91. The molecule has 0 radical (unpaired) electrons. The summed E-state index contributed by atoms with van der Waals surface area (Å²) in [5.74, 6) is -1.28. The number of carboxylic acids is 1. The Kier molecular flexibility index (Phi) is 4.08. The second kappa shape index (κ2) is 5.33. The van der Waals surface area contributed by atoms with Crippen molar-refractivity contribution >= 4 is 17.6 Å². The number of rotatable bonds is 5. The van der Waals surface area contributed by atoms with Gasteiger partial charge in [0.05, 0.1) is 5.69 Å². The summed E-state index contributed by atoms with van der Waals surface area (Å²) in [6.07, 6.45) is 1.64. The van der Waals surface area contributed by atoms with Gasteiger partial charge in [-0.2, -0.15) is 5.10 Å². The molecule has 17 heavy (non-hydrogen) atoms. The number of hydrogen-bond donors (Lipinski definition) is 3. The molecular weight excluding hydrogens is 224 g/mol. The molecule has 0 spiro atoms. The van der Waals surface area contributed by atoms with Crippen molar-refractivity contribution in [3.8, 4) is 0 Å². The van der Waals surface area contributed by atoms with Crippen molar-refractivity contribution < 1.29 is 14.7 Å². The molecule has 1 amide bonds. The van der Waals surface area contributed by atoms with Gasteiger partial charge in [0, 0.05) is 25.2 Å². The highest BCUT2D eigenvalue weighted by Gasteiger charge is 2.13. The molecular formula is C10H16N4O3. The lowest BCUT2D eigenvalue weighted by Crippen LogP contribution is -2.30. The summed E-state index contributed by atoms with van der Waals surface area (Å²) < 4.78 is 1.36. The Hall–Kier alpha value is -2.05. The molecule has 0 saturated carbocycles. The maximum Gasteiger partial charge on any atom is 0.358 e. The zero-order chi connectivity index (χ0) is 13.0. The fraction of sp³-hybridized carbons (Fsp3) is 0.500. The number of amides is 1. The number of carboxylic acid groups (broad SMARTS) is 1. The molecule has 7 heteroatoms. The van der Waals surface area contributed by atoms with Crippen LogP contribution in [0.4, 0.5) is 5.69 Å². The maximum atomic E-state index is 11.4. The van der Waals surface area contributed by atoms with E-state index in [0.717, 1.165) is 0 Å². The summed E-state index contributed by atoms with van der Waals surface area (Å²) in [7, 11) is 0. The monoisotopic (exact) mass is 240 g/mol. The van der Waals surface area contributed by atoms with Crippen molar-refractivity contribution in [3.05, 3.63) is 11.9 Å². The number of nitrogens with one attached hydrogen (secondary N) is 1. The summed E-state index contributed by atoms with van der Waals surface area (Å²) in [6.45, 7) is 4.04. The Morgan fingerprint density at radius 1 is 1.59 bits per heavy atom. The van der Waals surface area contributed by atoms with E-state index < -0.39 is 5.97 Å². The van der Waals surface area contributed by atoms with Gasteiger partial charge in [-0.1, -0.05) is 0 Å². The largest absolute Gasteiger partial charge is 0.476 e. The summed E-state index contributed by atoms with van der Waals surface area (Å²) in [5, 5.41) is 15.2. The third kappa shape index (κ3) is 3.78. The molecule has 1 heterocycles. The van der Waals surface area contributed by atoms with E-state index in [-0.39, 0.29) is 29.8 Å². The number of aromatic carboxylic acids is 1. The third-order valence-electron chi connectivity index (χ3n) is 2.01. The van der Waals surface area contributed by atoms with Crippen LogP contribution in [-0.4, -0.2) is 32.8 Å². The molecule has 1 rings (SSSR count).